The van der Waals surface area contributed by atoms with Crippen LogP contribution in [0.1, 0.15) is 39.0 Å². The molecule has 0 amide bonds. The third kappa shape index (κ3) is 4.38. The van der Waals surface area contributed by atoms with Crippen LogP contribution < -0.4 is 0 Å². The molecule has 0 saturated carbocycles. The van der Waals surface area contributed by atoms with Crippen molar-refractivity contribution in [3.05, 3.63) is 46.8 Å². The number of thioether (sulfide) groups is 1. The maximum Gasteiger partial charge on any atom is 0.340 e. The molecule has 0 bridgehead atoms. The summed E-state index contributed by atoms with van der Waals surface area (Å²) >= 11 is 1.38. The molecule has 0 unspecified atom stereocenters. The molecule has 0 aliphatic rings. The van der Waals surface area contributed by atoms with Crippen LogP contribution in [0.2, 0.25) is 0 Å². The van der Waals surface area contributed by atoms with Gasteiger partial charge in [-0.25, -0.2) is 9.78 Å². The van der Waals surface area contributed by atoms with Crippen LogP contribution in [0, 0.1) is 13.8 Å². The Hall–Kier alpha value is -2.58. The number of fused-ring (bicyclic) bond motifs is 1. The fourth-order valence-electron chi connectivity index (χ4n) is 3.30. The molecule has 154 valence electrons. The van der Waals surface area contributed by atoms with Gasteiger partial charge in [-0.2, -0.15) is 0 Å². The zero-order valence-electron chi connectivity index (χ0n) is 17.1. The summed E-state index contributed by atoms with van der Waals surface area (Å²) in [5, 5.41) is 0.767. The zero-order chi connectivity index (χ0) is 21.0. The number of rotatable bonds is 9. The molecule has 2 aromatic heterocycles. The van der Waals surface area contributed by atoms with E-state index < -0.39 is 5.97 Å². The second-order valence-corrected chi connectivity index (χ2v) is 7.53. The molecule has 0 atom stereocenters. The third-order valence-corrected chi connectivity index (χ3v) is 5.64. The molecule has 0 aliphatic heterocycles. The number of hydrogen-bond acceptors (Lipinski definition) is 6. The van der Waals surface area contributed by atoms with Gasteiger partial charge in [0.2, 0.25) is 0 Å². The van der Waals surface area contributed by atoms with E-state index in [1.807, 2.05) is 24.3 Å². The van der Waals surface area contributed by atoms with Gasteiger partial charge in [0.25, 0.3) is 0 Å². The largest absolute Gasteiger partial charge is 0.462 e. The van der Waals surface area contributed by atoms with E-state index in [0.29, 0.717) is 42.3 Å². The summed E-state index contributed by atoms with van der Waals surface area (Å²) < 4.78 is 12.4. The predicted molar refractivity (Wildman–Crippen MR) is 113 cm³/mol. The third-order valence-electron chi connectivity index (χ3n) is 4.67. The minimum atomic E-state index is -0.410. The van der Waals surface area contributed by atoms with Crippen molar-refractivity contribution in [3.63, 3.8) is 0 Å². The summed E-state index contributed by atoms with van der Waals surface area (Å²) in [4.78, 5) is 32.7. The minimum Gasteiger partial charge on any atom is -0.462 e. The predicted octanol–water partition coefficient (Wildman–Crippen LogP) is 3.78. The number of nitrogens with one attached hydrogen (secondary N) is 1. The summed E-state index contributed by atoms with van der Waals surface area (Å²) in [6, 6.07) is 7.87. The first-order valence-corrected chi connectivity index (χ1v) is 10.4. The topological polar surface area (TPSA) is 86.2 Å². The maximum absolute atomic E-state index is 12.9. The molecule has 1 aromatic carbocycles. The van der Waals surface area contributed by atoms with Crippen LogP contribution in [-0.2, 0) is 16.0 Å². The average Bonchev–Trinajstić information content (AvgIpc) is 3.21. The van der Waals surface area contributed by atoms with Crippen LogP contribution in [0.4, 0.5) is 0 Å². The van der Waals surface area contributed by atoms with Crippen molar-refractivity contribution in [2.75, 3.05) is 26.1 Å². The number of ketones is 1. The summed E-state index contributed by atoms with van der Waals surface area (Å²) in [6.07, 6.45) is 0. The van der Waals surface area contributed by atoms with Gasteiger partial charge < -0.3 is 19.0 Å². The van der Waals surface area contributed by atoms with Gasteiger partial charge in [-0.05, 0) is 38.5 Å². The number of methoxy groups -OCH3 is 1. The van der Waals surface area contributed by atoms with Crippen LogP contribution in [0.25, 0.3) is 11.0 Å². The Morgan fingerprint density at radius 2 is 2.00 bits per heavy atom. The van der Waals surface area contributed by atoms with E-state index in [2.05, 4.69) is 14.5 Å². The van der Waals surface area contributed by atoms with E-state index in [0.717, 1.165) is 16.2 Å². The number of carbonyl (C=O) groups excluding carboxylic acids is 2. The Labute approximate surface area is 173 Å². The van der Waals surface area contributed by atoms with E-state index in [1.165, 1.54) is 11.8 Å². The average molecular weight is 416 g/mol. The Kier molecular flexibility index (Phi) is 6.76. The second-order valence-electron chi connectivity index (χ2n) is 6.58. The Morgan fingerprint density at radius 3 is 2.72 bits per heavy atom. The molecule has 3 aromatic rings. The summed E-state index contributed by atoms with van der Waals surface area (Å²) in [6.45, 7) is 6.79. The number of aryl methyl sites for hydroxylation is 1. The van der Waals surface area contributed by atoms with Crippen molar-refractivity contribution < 1.29 is 19.1 Å². The molecule has 29 heavy (non-hydrogen) atoms. The number of benzene rings is 1. The normalized spacial score (nSPS) is 11.2. The highest BCUT2D eigenvalue weighted by Gasteiger charge is 2.23. The number of esters is 1. The number of imidazole rings is 1. The molecule has 0 spiro atoms. The van der Waals surface area contributed by atoms with Crippen molar-refractivity contribution >= 4 is 34.5 Å². The lowest BCUT2D eigenvalue weighted by atomic mass is 10.1. The number of H-pyrrole nitrogens is 1. The van der Waals surface area contributed by atoms with Crippen LogP contribution in [-0.4, -0.2) is 52.4 Å². The van der Waals surface area contributed by atoms with Gasteiger partial charge in [0.15, 0.2) is 10.9 Å². The molecule has 8 heteroatoms. The molecular formula is C21H25N3O4S. The lowest BCUT2D eigenvalue weighted by Gasteiger charge is -2.08. The molecule has 0 saturated heterocycles. The van der Waals surface area contributed by atoms with E-state index >= 15 is 0 Å². The highest BCUT2D eigenvalue weighted by Crippen LogP contribution is 2.26. The molecule has 7 nitrogen and oxygen atoms in total. The fraction of sp³-hybridized carbons (Fsp3) is 0.381. The van der Waals surface area contributed by atoms with Crippen LogP contribution >= 0.6 is 11.8 Å². The fourth-order valence-corrected chi connectivity index (χ4v) is 4.22. The highest BCUT2D eigenvalue weighted by atomic mass is 32.2. The summed E-state index contributed by atoms with van der Waals surface area (Å²) in [7, 11) is 1.66. The van der Waals surface area contributed by atoms with Gasteiger partial charge in [0, 0.05) is 19.3 Å². The zero-order valence-corrected chi connectivity index (χ0v) is 17.9. The van der Waals surface area contributed by atoms with Crippen LogP contribution in [0.3, 0.4) is 0 Å². The number of nitrogens with zero attached hydrogens (tertiary/aromatic N) is 2. The molecule has 3 rings (SSSR count). The van der Waals surface area contributed by atoms with Gasteiger partial charge in [-0.1, -0.05) is 23.9 Å². The van der Waals surface area contributed by atoms with Crippen molar-refractivity contribution in [3.8, 4) is 0 Å². The summed E-state index contributed by atoms with van der Waals surface area (Å²) in [5.74, 6) is -0.289. The smallest absolute Gasteiger partial charge is 0.340 e. The summed E-state index contributed by atoms with van der Waals surface area (Å²) in [5.41, 5.74) is 4.04. The van der Waals surface area contributed by atoms with Crippen molar-refractivity contribution in [2.24, 2.45) is 0 Å². The monoisotopic (exact) mass is 415 g/mol. The van der Waals surface area contributed by atoms with Gasteiger partial charge >= 0.3 is 5.97 Å². The standard InChI is InChI=1S/C21H25N3O4S/c1-5-28-20(26)18-13(2)19(22-14(18)3)17(25)12-29-21-23-15-8-6-7-9-16(15)24(21)10-11-27-4/h6-9,22H,5,10-12H2,1-4H3. The van der Waals surface area contributed by atoms with E-state index in [9.17, 15) is 9.59 Å². The van der Waals surface area contributed by atoms with Crippen LogP contribution in [0.15, 0.2) is 29.4 Å². The lowest BCUT2D eigenvalue weighted by molar-refractivity contribution is 0.0525. The number of Topliss-reactive ketones (excluding diaryl/α,β-unsaturated/α-hetero) is 1. The second kappa shape index (κ2) is 9.28. The van der Waals surface area contributed by atoms with Crippen molar-refractivity contribution in [1.29, 1.82) is 0 Å². The quantitative estimate of drug-likeness (QED) is 0.325. The number of para-hydroxylation sites is 2. The van der Waals surface area contributed by atoms with Gasteiger partial charge in [0.05, 0.1) is 41.3 Å². The number of carbonyl (C=O) groups is 2. The SMILES string of the molecule is CCOC(=O)c1c(C)[nH]c(C(=O)CSc2nc3ccccc3n2CCOC)c1C. The van der Waals surface area contributed by atoms with Crippen molar-refractivity contribution in [1.82, 2.24) is 14.5 Å². The van der Waals surface area contributed by atoms with Gasteiger partial charge in [0.1, 0.15) is 0 Å². The van der Waals surface area contributed by atoms with E-state index in [-0.39, 0.29) is 11.5 Å². The van der Waals surface area contributed by atoms with E-state index in [1.54, 1.807) is 27.9 Å². The van der Waals surface area contributed by atoms with Crippen molar-refractivity contribution in [2.45, 2.75) is 32.5 Å². The first-order valence-electron chi connectivity index (χ1n) is 9.44. The molecule has 1 N–H and O–H groups in total. The maximum atomic E-state index is 12.9. The number of aromatic amines is 1. The number of ether oxygens (including phenoxy) is 2. The number of hydrogen-bond donors (Lipinski definition) is 1. The molecule has 2 heterocycles. The van der Waals surface area contributed by atoms with Crippen LogP contribution in [0.5, 0.6) is 0 Å². The number of aromatic nitrogens is 3. The molecular weight excluding hydrogens is 390 g/mol. The molecule has 0 radical (unpaired) electrons. The Bertz CT molecular complexity index is 1040. The van der Waals surface area contributed by atoms with E-state index in [4.69, 9.17) is 9.47 Å². The lowest BCUT2D eigenvalue weighted by Crippen LogP contribution is -2.10. The Morgan fingerprint density at radius 1 is 1.24 bits per heavy atom. The first kappa shape index (κ1) is 21.1. The van der Waals surface area contributed by atoms with Gasteiger partial charge in [-0.3, -0.25) is 4.79 Å². The highest BCUT2D eigenvalue weighted by molar-refractivity contribution is 7.99. The molecule has 0 aliphatic carbocycles. The first-order chi connectivity index (χ1) is 14.0. The minimum absolute atomic E-state index is 0.0866. The molecule has 0 fully saturated rings. The van der Waals surface area contributed by atoms with Gasteiger partial charge in [-0.15, -0.1) is 0 Å². The Balaban J connectivity index is 1.81.